The summed E-state index contributed by atoms with van der Waals surface area (Å²) in [7, 11) is 0. The van der Waals surface area contributed by atoms with E-state index in [1.165, 1.54) is 16.7 Å². The summed E-state index contributed by atoms with van der Waals surface area (Å²) in [5.41, 5.74) is 1.65. The Kier molecular flexibility index (Phi) is 6.93. The second kappa shape index (κ2) is 9.60. The Morgan fingerprint density at radius 1 is 1.07 bits per heavy atom. The molecule has 0 aromatic heterocycles. The molecular weight excluding hydrogens is 388 g/mol. The van der Waals surface area contributed by atoms with Crippen molar-refractivity contribution in [1.29, 1.82) is 0 Å². The van der Waals surface area contributed by atoms with Gasteiger partial charge in [0.15, 0.2) is 0 Å². The zero-order chi connectivity index (χ0) is 20.8. The zero-order valence-electron chi connectivity index (χ0n) is 16.5. The first-order valence-corrected chi connectivity index (χ1v) is 10.7. The van der Waals surface area contributed by atoms with E-state index in [-0.39, 0.29) is 23.0 Å². The van der Waals surface area contributed by atoms with Crippen LogP contribution < -0.4 is 10.1 Å². The summed E-state index contributed by atoms with van der Waals surface area (Å²) in [4.78, 5) is 38.3. The van der Waals surface area contributed by atoms with E-state index in [0.29, 0.717) is 36.5 Å². The molecule has 2 aromatic carbocycles. The Bertz CT molecular complexity index is 863. The van der Waals surface area contributed by atoms with Gasteiger partial charge < -0.3 is 10.1 Å². The topological polar surface area (TPSA) is 75.7 Å². The molecule has 0 saturated carbocycles. The second-order valence-electron chi connectivity index (χ2n) is 6.62. The van der Waals surface area contributed by atoms with E-state index in [9.17, 15) is 14.4 Å². The van der Waals surface area contributed by atoms with Gasteiger partial charge in [-0.1, -0.05) is 12.1 Å². The summed E-state index contributed by atoms with van der Waals surface area (Å²) in [6, 6.07) is 14.1. The van der Waals surface area contributed by atoms with Crippen molar-refractivity contribution in [1.82, 2.24) is 4.90 Å². The molecule has 0 bridgehead atoms. The number of carbonyl (C=O) groups excluding carboxylic acids is 3. The fraction of sp³-hybridized carbons (Fsp3) is 0.318. The fourth-order valence-electron chi connectivity index (χ4n) is 3.05. The van der Waals surface area contributed by atoms with E-state index >= 15 is 0 Å². The summed E-state index contributed by atoms with van der Waals surface area (Å²) < 4.78 is 5.39. The van der Waals surface area contributed by atoms with E-state index in [1.54, 1.807) is 24.3 Å². The average Bonchev–Trinajstić information content (AvgIpc) is 2.97. The Morgan fingerprint density at radius 2 is 1.69 bits per heavy atom. The summed E-state index contributed by atoms with van der Waals surface area (Å²) in [5.74, 6) is 0.875. The van der Waals surface area contributed by atoms with Gasteiger partial charge in [-0.2, -0.15) is 0 Å². The number of hydrogen-bond donors (Lipinski definition) is 1. The third-order valence-electron chi connectivity index (χ3n) is 4.57. The van der Waals surface area contributed by atoms with Crippen molar-refractivity contribution in [3.8, 4) is 5.75 Å². The van der Waals surface area contributed by atoms with Crippen LogP contribution in [-0.2, 0) is 4.79 Å². The van der Waals surface area contributed by atoms with Crippen molar-refractivity contribution in [2.45, 2.75) is 25.5 Å². The predicted octanol–water partition coefficient (Wildman–Crippen LogP) is 3.83. The van der Waals surface area contributed by atoms with Crippen LogP contribution in [-0.4, -0.2) is 46.8 Å². The maximum Gasteiger partial charge on any atom is 0.261 e. The molecule has 0 spiro atoms. The molecule has 0 saturated heterocycles. The Labute approximate surface area is 174 Å². The molecule has 1 atom stereocenters. The number of carbonyl (C=O) groups is 3. The van der Waals surface area contributed by atoms with Crippen molar-refractivity contribution in [2.75, 3.05) is 24.2 Å². The molecule has 0 aliphatic carbocycles. The molecule has 0 fully saturated rings. The largest absolute Gasteiger partial charge is 0.494 e. The van der Waals surface area contributed by atoms with Crippen molar-refractivity contribution in [3.63, 3.8) is 0 Å². The van der Waals surface area contributed by atoms with Crippen LogP contribution in [0.5, 0.6) is 5.75 Å². The van der Waals surface area contributed by atoms with Gasteiger partial charge >= 0.3 is 0 Å². The SMILES string of the molecule is CCOc1ccc(NC(=O)C(C)SCCCN2C(=O)c3ccccc3C2=O)cc1. The number of amides is 3. The maximum absolute atomic E-state index is 12.3. The molecule has 6 nitrogen and oxygen atoms in total. The molecule has 1 unspecified atom stereocenters. The highest BCUT2D eigenvalue weighted by atomic mass is 32.2. The molecule has 1 aliphatic heterocycles. The number of benzene rings is 2. The van der Waals surface area contributed by atoms with Gasteiger partial charge in [-0.05, 0) is 62.4 Å². The molecular formula is C22H24N2O4S. The van der Waals surface area contributed by atoms with Gasteiger partial charge in [-0.15, -0.1) is 11.8 Å². The quantitative estimate of drug-likeness (QED) is 0.500. The molecule has 2 aromatic rings. The van der Waals surface area contributed by atoms with E-state index in [4.69, 9.17) is 4.74 Å². The number of imide groups is 1. The third-order valence-corrected chi connectivity index (χ3v) is 5.81. The van der Waals surface area contributed by atoms with E-state index in [0.717, 1.165) is 11.4 Å². The first-order valence-electron chi connectivity index (χ1n) is 9.61. The number of ether oxygens (including phenoxy) is 1. The number of hydrogen-bond acceptors (Lipinski definition) is 5. The fourth-order valence-corrected chi connectivity index (χ4v) is 3.91. The van der Waals surface area contributed by atoms with E-state index in [1.807, 2.05) is 38.1 Å². The van der Waals surface area contributed by atoms with Crippen LogP contribution in [0, 0.1) is 0 Å². The summed E-state index contributed by atoms with van der Waals surface area (Å²) in [6.07, 6.45) is 0.636. The smallest absolute Gasteiger partial charge is 0.261 e. The monoisotopic (exact) mass is 412 g/mol. The second-order valence-corrected chi connectivity index (χ2v) is 8.07. The van der Waals surface area contributed by atoms with Crippen molar-refractivity contribution < 1.29 is 19.1 Å². The average molecular weight is 413 g/mol. The molecule has 1 N–H and O–H groups in total. The number of thioether (sulfide) groups is 1. The molecule has 0 radical (unpaired) electrons. The van der Waals surface area contributed by atoms with Crippen molar-refractivity contribution >= 4 is 35.2 Å². The molecule has 29 heavy (non-hydrogen) atoms. The van der Waals surface area contributed by atoms with Gasteiger partial charge in [0.2, 0.25) is 5.91 Å². The lowest BCUT2D eigenvalue weighted by Gasteiger charge is -2.15. The first-order chi connectivity index (χ1) is 14.0. The highest BCUT2D eigenvalue weighted by Gasteiger charge is 2.34. The molecule has 7 heteroatoms. The maximum atomic E-state index is 12.3. The van der Waals surface area contributed by atoms with E-state index < -0.39 is 0 Å². The number of rotatable bonds is 9. The molecule has 3 rings (SSSR count). The van der Waals surface area contributed by atoms with Crippen LogP contribution in [0.4, 0.5) is 5.69 Å². The Balaban J connectivity index is 1.42. The number of nitrogens with one attached hydrogen (secondary N) is 1. The molecule has 3 amide bonds. The van der Waals surface area contributed by atoms with Gasteiger partial charge in [0, 0.05) is 12.2 Å². The summed E-state index contributed by atoms with van der Waals surface area (Å²) in [5, 5.41) is 2.64. The van der Waals surface area contributed by atoms with Crippen molar-refractivity contribution in [2.24, 2.45) is 0 Å². The number of fused-ring (bicyclic) bond motifs is 1. The van der Waals surface area contributed by atoms with Crippen LogP contribution in [0.15, 0.2) is 48.5 Å². The Morgan fingerprint density at radius 3 is 2.28 bits per heavy atom. The minimum atomic E-state index is -0.247. The van der Waals surface area contributed by atoms with Crippen LogP contribution in [0.3, 0.4) is 0 Å². The Hall–Kier alpha value is -2.80. The van der Waals surface area contributed by atoms with Crippen LogP contribution >= 0.6 is 11.8 Å². The van der Waals surface area contributed by atoms with Gasteiger partial charge in [0.25, 0.3) is 11.8 Å². The van der Waals surface area contributed by atoms with Gasteiger partial charge in [0.1, 0.15) is 5.75 Å². The zero-order valence-corrected chi connectivity index (χ0v) is 17.3. The highest BCUT2D eigenvalue weighted by molar-refractivity contribution is 8.00. The third kappa shape index (κ3) is 4.98. The van der Waals surface area contributed by atoms with Crippen molar-refractivity contribution in [3.05, 3.63) is 59.7 Å². The standard InChI is InChI=1S/C22H24N2O4S/c1-3-28-17-11-9-16(10-12-17)23-20(25)15(2)29-14-6-13-24-21(26)18-7-4-5-8-19(18)22(24)27/h4-5,7-12,15H,3,6,13-14H2,1-2H3,(H,23,25). The lowest BCUT2D eigenvalue weighted by Crippen LogP contribution is -2.31. The lowest BCUT2D eigenvalue weighted by atomic mass is 10.1. The number of nitrogens with zero attached hydrogens (tertiary/aromatic N) is 1. The minimum absolute atomic E-state index is 0.0834. The first kappa shape index (κ1) is 20.9. The molecule has 1 heterocycles. The predicted molar refractivity (Wildman–Crippen MR) is 115 cm³/mol. The lowest BCUT2D eigenvalue weighted by molar-refractivity contribution is -0.115. The van der Waals surface area contributed by atoms with Crippen LogP contribution in [0.1, 0.15) is 41.0 Å². The summed E-state index contributed by atoms with van der Waals surface area (Å²) in [6.45, 7) is 4.71. The van der Waals surface area contributed by atoms with E-state index in [2.05, 4.69) is 5.32 Å². The van der Waals surface area contributed by atoms with Gasteiger partial charge in [-0.25, -0.2) is 0 Å². The highest BCUT2D eigenvalue weighted by Crippen LogP contribution is 2.23. The number of anilines is 1. The molecule has 1 aliphatic rings. The normalized spacial score (nSPS) is 13.9. The minimum Gasteiger partial charge on any atom is -0.494 e. The van der Waals surface area contributed by atoms with Crippen LogP contribution in [0.2, 0.25) is 0 Å². The summed E-state index contributed by atoms with van der Waals surface area (Å²) >= 11 is 1.50. The molecule has 152 valence electrons. The van der Waals surface area contributed by atoms with Gasteiger partial charge in [-0.3, -0.25) is 19.3 Å². The van der Waals surface area contributed by atoms with Crippen LogP contribution in [0.25, 0.3) is 0 Å². The van der Waals surface area contributed by atoms with Gasteiger partial charge in [0.05, 0.1) is 23.0 Å².